The monoisotopic (exact) mass is 451 g/mol. The van der Waals surface area contributed by atoms with E-state index < -0.39 is 5.63 Å². The zero-order chi connectivity index (χ0) is 23.5. The molecule has 7 heteroatoms. The lowest BCUT2D eigenvalue weighted by atomic mass is 9.95. The van der Waals surface area contributed by atoms with Crippen LogP contribution in [0.4, 0.5) is 0 Å². The molecule has 1 aliphatic heterocycles. The minimum Gasteiger partial charge on any atom is -0.497 e. The second kappa shape index (κ2) is 9.57. The van der Waals surface area contributed by atoms with Gasteiger partial charge in [0, 0.05) is 23.4 Å². The van der Waals surface area contributed by atoms with Crippen LogP contribution in [0, 0.1) is 12.8 Å². The van der Waals surface area contributed by atoms with Gasteiger partial charge < -0.3 is 23.9 Å². The van der Waals surface area contributed by atoms with E-state index in [1.165, 1.54) is 0 Å². The number of methoxy groups -OCH3 is 1. The van der Waals surface area contributed by atoms with Crippen molar-refractivity contribution in [2.75, 3.05) is 20.3 Å². The minimum atomic E-state index is -0.423. The highest BCUT2D eigenvalue weighted by molar-refractivity contribution is 5.83. The number of rotatable bonds is 7. The van der Waals surface area contributed by atoms with E-state index in [9.17, 15) is 9.59 Å². The van der Waals surface area contributed by atoms with Crippen molar-refractivity contribution in [3.05, 3.63) is 63.5 Å². The molecule has 0 radical (unpaired) electrons. The Kier molecular flexibility index (Phi) is 6.58. The highest BCUT2D eigenvalue weighted by atomic mass is 16.6. The summed E-state index contributed by atoms with van der Waals surface area (Å²) in [5.41, 5.74) is 2.35. The van der Waals surface area contributed by atoms with Gasteiger partial charge in [-0.1, -0.05) is 19.9 Å². The van der Waals surface area contributed by atoms with Crippen LogP contribution in [0.15, 0.2) is 45.6 Å². The SMILES string of the molecule is COc1ccc2c(C)c(CCC(=O)N[C@@H](c3ccc4c(c3)OCCO4)C(C)C)c(=O)oc2c1. The number of benzene rings is 2. The number of amides is 1. The fourth-order valence-corrected chi connectivity index (χ4v) is 4.16. The molecular formula is C26H29NO6. The fraction of sp³-hybridized carbons (Fsp3) is 0.385. The van der Waals surface area contributed by atoms with Crippen LogP contribution >= 0.6 is 0 Å². The number of carbonyl (C=O) groups excluding carboxylic acids is 1. The molecule has 0 fully saturated rings. The molecule has 0 bridgehead atoms. The van der Waals surface area contributed by atoms with Gasteiger partial charge in [-0.05, 0) is 54.7 Å². The highest BCUT2D eigenvalue weighted by Gasteiger charge is 2.22. The standard InChI is InChI=1S/C26H29NO6/c1-15(2)25(17-5-9-21-23(13-17)32-12-11-31-21)27-24(28)10-8-20-16(3)19-7-6-18(30-4)14-22(19)33-26(20)29/h5-7,9,13-15,25H,8,10-12H2,1-4H3,(H,27,28)/t25-/m1/s1. The van der Waals surface area contributed by atoms with E-state index in [1.54, 1.807) is 13.2 Å². The van der Waals surface area contributed by atoms with E-state index in [-0.39, 0.29) is 24.3 Å². The van der Waals surface area contributed by atoms with Gasteiger partial charge in [0.15, 0.2) is 11.5 Å². The largest absolute Gasteiger partial charge is 0.497 e. The van der Waals surface area contributed by atoms with Gasteiger partial charge in [-0.3, -0.25) is 4.79 Å². The maximum Gasteiger partial charge on any atom is 0.339 e. The van der Waals surface area contributed by atoms with Crippen LogP contribution in [0.3, 0.4) is 0 Å². The van der Waals surface area contributed by atoms with E-state index in [2.05, 4.69) is 19.2 Å². The van der Waals surface area contributed by atoms with Gasteiger partial charge >= 0.3 is 5.63 Å². The lowest BCUT2D eigenvalue weighted by molar-refractivity contribution is -0.122. The normalized spacial score (nSPS) is 13.7. The van der Waals surface area contributed by atoms with E-state index in [4.69, 9.17) is 18.6 Å². The van der Waals surface area contributed by atoms with Gasteiger partial charge in [-0.15, -0.1) is 0 Å². The summed E-state index contributed by atoms with van der Waals surface area (Å²) in [7, 11) is 1.56. The van der Waals surface area contributed by atoms with Gasteiger partial charge in [-0.2, -0.15) is 0 Å². The van der Waals surface area contributed by atoms with E-state index in [0.717, 1.165) is 22.3 Å². The van der Waals surface area contributed by atoms with Crippen LogP contribution in [0.25, 0.3) is 11.0 Å². The Morgan fingerprint density at radius 2 is 1.85 bits per heavy atom. The Balaban J connectivity index is 1.49. The molecule has 2 heterocycles. The highest BCUT2D eigenvalue weighted by Crippen LogP contribution is 2.34. The number of hydrogen-bond donors (Lipinski definition) is 1. The number of nitrogens with one attached hydrogen (secondary N) is 1. The van der Waals surface area contributed by atoms with Crippen LogP contribution in [0.5, 0.6) is 17.2 Å². The van der Waals surface area contributed by atoms with Crippen molar-refractivity contribution in [2.45, 2.75) is 39.7 Å². The number of ether oxygens (including phenoxy) is 3. The molecule has 3 aromatic rings. The van der Waals surface area contributed by atoms with Gasteiger partial charge in [0.2, 0.25) is 5.91 Å². The van der Waals surface area contributed by atoms with Crippen LogP contribution in [-0.4, -0.2) is 26.2 Å². The fourth-order valence-electron chi connectivity index (χ4n) is 4.16. The van der Waals surface area contributed by atoms with Crippen LogP contribution in [-0.2, 0) is 11.2 Å². The van der Waals surface area contributed by atoms with Crippen molar-refractivity contribution in [2.24, 2.45) is 5.92 Å². The van der Waals surface area contributed by atoms with Crippen molar-refractivity contribution in [1.29, 1.82) is 0 Å². The molecule has 0 saturated heterocycles. The summed E-state index contributed by atoms with van der Waals surface area (Å²) in [5.74, 6) is 2.07. The average Bonchev–Trinajstić information content (AvgIpc) is 2.81. The summed E-state index contributed by atoms with van der Waals surface area (Å²) in [6, 6.07) is 11.0. The zero-order valence-corrected chi connectivity index (χ0v) is 19.4. The van der Waals surface area contributed by atoms with Gasteiger partial charge in [0.25, 0.3) is 0 Å². The summed E-state index contributed by atoms with van der Waals surface area (Å²) in [4.78, 5) is 25.4. The van der Waals surface area contributed by atoms with E-state index in [1.807, 2.05) is 37.3 Å². The molecule has 7 nitrogen and oxygen atoms in total. The quantitative estimate of drug-likeness (QED) is 0.538. The average molecular weight is 452 g/mol. The van der Waals surface area contributed by atoms with Gasteiger partial charge in [-0.25, -0.2) is 4.79 Å². The van der Waals surface area contributed by atoms with Crippen molar-refractivity contribution in [3.8, 4) is 17.2 Å². The van der Waals surface area contributed by atoms with E-state index in [0.29, 0.717) is 42.3 Å². The Hall–Kier alpha value is -3.48. The first-order chi connectivity index (χ1) is 15.9. The molecule has 174 valence electrons. The minimum absolute atomic E-state index is 0.128. The molecule has 1 amide bonds. The lowest BCUT2D eigenvalue weighted by Crippen LogP contribution is -2.32. The molecule has 4 rings (SSSR count). The lowest BCUT2D eigenvalue weighted by Gasteiger charge is -2.25. The third kappa shape index (κ3) is 4.82. The summed E-state index contributed by atoms with van der Waals surface area (Å²) in [6.45, 7) is 7.03. The van der Waals surface area contributed by atoms with Crippen LogP contribution in [0.2, 0.25) is 0 Å². The van der Waals surface area contributed by atoms with Crippen molar-refractivity contribution < 1.29 is 23.4 Å². The third-order valence-corrected chi connectivity index (χ3v) is 6.01. The molecular weight excluding hydrogens is 422 g/mol. The number of carbonyl (C=O) groups is 1. The van der Waals surface area contributed by atoms with Crippen molar-refractivity contribution in [1.82, 2.24) is 5.32 Å². The summed E-state index contributed by atoms with van der Waals surface area (Å²) in [5, 5.41) is 3.95. The molecule has 0 spiro atoms. The molecule has 1 aromatic heterocycles. The van der Waals surface area contributed by atoms with Crippen LogP contribution < -0.4 is 25.2 Å². The smallest absolute Gasteiger partial charge is 0.339 e. The topological polar surface area (TPSA) is 87.0 Å². The Morgan fingerprint density at radius 1 is 1.09 bits per heavy atom. The zero-order valence-electron chi connectivity index (χ0n) is 19.4. The first-order valence-electron chi connectivity index (χ1n) is 11.2. The predicted octanol–water partition coefficient (Wildman–Crippen LogP) is 4.33. The predicted molar refractivity (Wildman–Crippen MR) is 125 cm³/mol. The van der Waals surface area contributed by atoms with Crippen molar-refractivity contribution >= 4 is 16.9 Å². The molecule has 1 N–H and O–H groups in total. The molecule has 33 heavy (non-hydrogen) atoms. The molecule has 1 atom stereocenters. The first-order valence-corrected chi connectivity index (χ1v) is 11.2. The molecule has 2 aromatic carbocycles. The molecule has 1 aliphatic rings. The summed E-state index contributed by atoms with van der Waals surface area (Å²) >= 11 is 0. The maximum absolute atomic E-state index is 12.8. The number of hydrogen-bond acceptors (Lipinski definition) is 6. The molecule has 0 aliphatic carbocycles. The second-order valence-electron chi connectivity index (χ2n) is 8.55. The van der Waals surface area contributed by atoms with Gasteiger partial charge in [0.1, 0.15) is 24.5 Å². The van der Waals surface area contributed by atoms with Crippen molar-refractivity contribution in [3.63, 3.8) is 0 Å². The second-order valence-corrected chi connectivity index (χ2v) is 8.55. The van der Waals surface area contributed by atoms with Gasteiger partial charge in [0.05, 0.1) is 13.2 Å². The summed E-state index contributed by atoms with van der Waals surface area (Å²) < 4.78 is 22.0. The molecule has 0 saturated carbocycles. The first kappa shape index (κ1) is 22.7. The van der Waals surface area contributed by atoms with Crippen LogP contribution in [0.1, 0.15) is 43.0 Å². The third-order valence-electron chi connectivity index (χ3n) is 6.01. The Bertz CT molecular complexity index is 1230. The number of fused-ring (bicyclic) bond motifs is 2. The summed E-state index contributed by atoms with van der Waals surface area (Å²) in [6.07, 6.45) is 0.481. The Labute approximate surface area is 192 Å². The number of aryl methyl sites for hydroxylation is 1. The maximum atomic E-state index is 12.8. The van der Waals surface area contributed by atoms with E-state index >= 15 is 0 Å². The molecule has 0 unspecified atom stereocenters. The Morgan fingerprint density at radius 3 is 2.58 bits per heavy atom.